The molecule has 0 bridgehead atoms. The lowest BCUT2D eigenvalue weighted by molar-refractivity contribution is 0.142. The highest BCUT2D eigenvalue weighted by Gasteiger charge is 2.29. The summed E-state index contributed by atoms with van der Waals surface area (Å²) in [6.07, 6.45) is 2.64. The number of nitrogens with zero attached hydrogens (tertiary/aromatic N) is 1. The molecular weight excluding hydrogens is 343 g/mol. The van der Waals surface area contributed by atoms with Crippen LogP contribution in [0, 0.1) is 17.6 Å². The largest absolute Gasteiger partial charge is 0.393 e. The van der Waals surface area contributed by atoms with Crippen molar-refractivity contribution in [2.75, 3.05) is 0 Å². The van der Waals surface area contributed by atoms with E-state index in [1.54, 1.807) is 0 Å². The predicted octanol–water partition coefficient (Wildman–Crippen LogP) is 5.04. The SMILES string of the molecule is OC(CCc1c(-c2ccc(F)cc2F)cc(Cl)nc1Cl)C1CC1. The maximum Gasteiger partial charge on any atom is 0.134 e. The maximum absolute atomic E-state index is 14.1. The van der Waals surface area contributed by atoms with Crippen molar-refractivity contribution < 1.29 is 13.9 Å². The summed E-state index contributed by atoms with van der Waals surface area (Å²) in [7, 11) is 0. The van der Waals surface area contributed by atoms with Gasteiger partial charge in [-0.25, -0.2) is 13.8 Å². The number of aromatic nitrogens is 1. The first-order chi connectivity index (χ1) is 11.0. The fourth-order valence-electron chi connectivity index (χ4n) is 2.71. The first-order valence-corrected chi connectivity index (χ1v) is 8.19. The molecule has 1 aliphatic carbocycles. The minimum atomic E-state index is -0.688. The van der Waals surface area contributed by atoms with Gasteiger partial charge in [-0.05, 0) is 60.9 Å². The molecule has 1 N–H and O–H groups in total. The minimum absolute atomic E-state index is 0.139. The van der Waals surface area contributed by atoms with Crippen LogP contribution in [0.2, 0.25) is 10.3 Å². The normalized spacial score (nSPS) is 15.7. The summed E-state index contributed by atoms with van der Waals surface area (Å²) in [5.74, 6) is -0.990. The van der Waals surface area contributed by atoms with Crippen LogP contribution in [-0.4, -0.2) is 16.2 Å². The highest BCUT2D eigenvalue weighted by atomic mass is 35.5. The molecule has 2 aromatic rings. The minimum Gasteiger partial charge on any atom is -0.393 e. The Kier molecular flexibility index (Phi) is 4.85. The number of benzene rings is 1. The second-order valence-corrected chi connectivity index (χ2v) is 6.57. The second-order valence-electron chi connectivity index (χ2n) is 5.83. The van der Waals surface area contributed by atoms with Crippen molar-refractivity contribution >= 4 is 23.2 Å². The molecule has 23 heavy (non-hydrogen) atoms. The average Bonchev–Trinajstić information content (AvgIpc) is 3.30. The van der Waals surface area contributed by atoms with E-state index < -0.39 is 17.7 Å². The Labute approximate surface area is 143 Å². The summed E-state index contributed by atoms with van der Waals surface area (Å²) >= 11 is 12.1. The summed E-state index contributed by atoms with van der Waals surface area (Å²) in [6, 6.07) is 4.87. The van der Waals surface area contributed by atoms with Crippen LogP contribution in [-0.2, 0) is 6.42 Å². The van der Waals surface area contributed by atoms with Gasteiger partial charge in [-0.3, -0.25) is 0 Å². The zero-order valence-corrected chi connectivity index (χ0v) is 13.7. The summed E-state index contributed by atoms with van der Waals surface area (Å²) in [4.78, 5) is 4.00. The Morgan fingerprint density at radius 2 is 1.91 bits per heavy atom. The fraction of sp³-hybridized carbons (Fsp3) is 0.353. The third-order valence-corrected chi connectivity index (χ3v) is 4.63. The lowest BCUT2D eigenvalue weighted by Gasteiger charge is -2.15. The van der Waals surface area contributed by atoms with E-state index >= 15 is 0 Å². The molecule has 1 aromatic heterocycles. The molecule has 1 fully saturated rings. The van der Waals surface area contributed by atoms with Crippen molar-refractivity contribution in [1.29, 1.82) is 0 Å². The van der Waals surface area contributed by atoms with Crippen molar-refractivity contribution in [3.8, 4) is 11.1 Å². The Morgan fingerprint density at radius 1 is 1.17 bits per heavy atom. The number of hydrogen-bond donors (Lipinski definition) is 1. The Morgan fingerprint density at radius 3 is 2.57 bits per heavy atom. The third kappa shape index (κ3) is 3.82. The van der Waals surface area contributed by atoms with E-state index in [2.05, 4.69) is 4.98 Å². The van der Waals surface area contributed by atoms with Gasteiger partial charge < -0.3 is 5.11 Å². The van der Waals surface area contributed by atoms with Crippen molar-refractivity contribution in [3.05, 3.63) is 51.8 Å². The first kappa shape index (κ1) is 16.6. The highest BCUT2D eigenvalue weighted by molar-refractivity contribution is 6.33. The van der Waals surface area contributed by atoms with E-state index in [4.69, 9.17) is 23.2 Å². The molecule has 1 saturated carbocycles. The molecule has 2 nitrogen and oxygen atoms in total. The number of pyridine rings is 1. The molecule has 0 radical (unpaired) electrons. The summed E-state index contributed by atoms with van der Waals surface area (Å²) in [5, 5.41) is 10.4. The van der Waals surface area contributed by atoms with Gasteiger partial charge >= 0.3 is 0 Å². The molecule has 6 heteroatoms. The molecule has 1 aromatic carbocycles. The van der Waals surface area contributed by atoms with Crippen molar-refractivity contribution in [2.45, 2.75) is 31.8 Å². The van der Waals surface area contributed by atoms with Crippen molar-refractivity contribution in [3.63, 3.8) is 0 Å². The third-order valence-electron chi connectivity index (χ3n) is 4.12. The van der Waals surface area contributed by atoms with E-state index in [9.17, 15) is 13.9 Å². The zero-order valence-electron chi connectivity index (χ0n) is 12.2. The lowest BCUT2D eigenvalue weighted by atomic mass is 9.96. The van der Waals surface area contributed by atoms with Gasteiger partial charge in [0.25, 0.3) is 0 Å². The second kappa shape index (κ2) is 6.71. The number of aliphatic hydroxyl groups excluding tert-OH is 1. The molecule has 0 aliphatic heterocycles. The summed E-state index contributed by atoms with van der Waals surface area (Å²) < 4.78 is 27.3. The van der Waals surface area contributed by atoms with Gasteiger partial charge in [0, 0.05) is 11.6 Å². The van der Waals surface area contributed by atoms with Crippen LogP contribution < -0.4 is 0 Å². The molecule has 0 spiro atoms. The molecule has 3 rings (SSSR count). The van der Waals surface area contributed by atoms with Crippen LogP contribution >= 0.6 is 23.2 Å². The Bertz CT molecular complexity index is 735. The van der Waals surface area contributed by atoms with E-state index in [0.29, 0.717) is 29.9 Å². The van der Waals surface area contributed by atoms with Gasteiger partial charge in [0.2, 0.25) is 0 Å². The smallest absolute Gasteiger partial charge is 0.134 e. The number of halogens is 4. The number of aliphatic hydroxyl groups is 1. The van der Waals surface area contributed by atoms with Gasteiger partial charge in [0.1, 0.15) is 21.9 Å². The summed E-state index contributed by atoms with van der Waals surface area (Å²) in [6.45, 7) is 0. The van der Waals surface area contributed by atoms with Crippen LogP contribution in [0.3, 0.4) is 0 Å². The molecule has 122 valence electrons. The lowest BCUT2D eigenvalue weighted by Crippen LogP contribution is -2.11. The molecule has 0 saturated heterocycles. The molecular formula is C17H15Cl2F2NO. The quantitative estimate of drug-likeness (QED) is 0.760. The zero-order chi connectivity index (χ0) is 16.6. The van der Waals surface area contributed by atoms with Gasteiger partial charge in [0.05, 0.1) is 6.10 Å². The van der Waals surface area contributed by atoms with Crippen LogP contribution in [0.5, 0.6) is 0 Å². The average molecular weight is 358 g/mol. The topological polar surface area (TPSA) is 33.1 Å². The monoisotopic (exact) mass is 357 g/mol. The van der Waals surface area contributed by atoms with Crippen LogP contribution in [0.15, 0.2) is 24.3 Å². The van der Waals surface area contributed by atoms with E-state index in [1.807, 2.05) is 0 Å². The van der Waals surface area contributed by atoms with Gasteiger partial charge in [-0.2, -0.15) is 0 Å². The first-order valence-electron chi connectivity index (χ1n) is 7.44. The van der Waals surface area contributed by atoms with E-state index in [-0.39, 0.29) is 15.9 Å². The van der Waals surface area contributed by atoms with Gasteiger partial charge in [0.15, 0.2) is 0 Å². The standard InChI is InChI=1S/C17H15Cl2F2NO/c18-16-8-13(11-4-3-10(20)7-14(11)21)12(17(19)22-16)5-6-15(23)9-1-2-9/h3-4,7-9,15,23H,1-2,5-6H2. The van der Waals surface area contributed by atoms with Crippen molar-refractivity contribution in [1.82, 2.24) is 4.98 Å². The van der Waals surface area contributed by atoms with Crippen molar-refractivity contribution in [2.24, 2.45) is 5.92 Å². The maximum atomic E-state index is 14.1. The van der Waals surface area contributed by atoms with E-state index in [0.717, 1.165) is 18.9 Å². The van der Waals surface area contributed by atoms with E-state index in [1.165, 1.54) is 18.2 Å². The predicted molar refractivity (Wildman–Crippen MR) is 86.7 cm³/mol. The Hall–Kier alpha value is -1.23. The van der Waals surface area contributed by atoms with Gasteiger partial charge in [-0.15, -0.1) is 0 Å². The molecule has 1 aliphatic rings. The molecule has 1 unspecified atom stereocenters. The number of hydrogen-bond acceptors (Lipinski definition) is 2. The molecule has 1 heterocycles. The fourth-order valence-corrected chi connectivity index (χ4v) is 3.23. The van der Waals surface area contributed by atoms with Crippen LogP contribution in [0.25, 0.3) is 11.1 Å². The van der Waals surface area contributed by atoms with Crippen LogP contribution in [0.1, 0.15) is 24.8 Å². The van der Waals surface area contributed by atoms with Crippen LogP contribution in [0.4, 0.5) is 8.78 Å². The molecule has 1 atom stereocenters. The summed E-state index contributed by atoms with van der Waals surface area (Å²) in [5.41, 5.74) is 1.31. The highest BCUT2D eigenvalue weighted by Crippen LogP contribution is 2.37. The number of rotatable bonds is 5. The Balaban J connectivity index is 1.97. The molecule has 0 amide bonds. The van der Waals surface area contributed by atoms with Gasteiger partial charge in [-0.1, -0.05) is 23.2 Å².